The van der Waals surface area contributed by atoms with Gasteiger partial charge in [-0.3, -0.25) is 0 Å². The molecule has 0 aliphatic rings. The highest BCUT2D eigenvalue weighted by molar-refractivity contribution is 7.11. The summed E-state index contributed by atoms with van der Waals surface area (Å²) in [6, 6.07) is 4.36. The summed E-state index contributed by atoms with van der Waals surface area (Å²) in [7, 11) is 0. The minimum atomic E-state index is -0.827. The third-order valence-electron chi connectivity index (χ3n) is 3.01. The molecule has 2 rings (SSSR count). The molecule has 0 amide bonds. The third-order valence-corrected chi connectivity index (χ3v) is 4.05. The molecule has 0 fully saturated rings. The van der Waals surface area contributed by atoms with E-state index in [4.69, 9.17) is 0 Å². The van der Waals surface area contributed by atoms with Crippen LogP contribution in [0, 0.1) is 11.6 Å². The Morgan fingerprint density at radius 2 is 2.05 bits per heavy atom. The summed E-state index contributed by atoms with van der Waals surface area (Å²) < 4.78 is 26.8. The molecule has 3 nitrogen and oxygen atoms in total. The second-order valence-electron chi connectivity index (χ2n) is 4.44. The lowest BCUT2D eigenvalue weighted by molar-refractivity contribution is 0.500. The molecule has 1 atom stereocenters. The molecule has 108 valence electrons. The van der Waals surface area contributed by atoms with Crippen molar-refractivity contribution in [3.8, 4) is 0 Å². The van der Waals surface area contributed by atoms with Crippen molar-refractivity contribution in [2.24, 2.45) is 0 Å². The van der Waals surface area contributed by atoms with Crippen molar-refractivity contribution >= 4 is 11.3 Å². The molecule has 20 heavy (non-hydrogen) atoms. The van der Waals surface area contributed by atoms with Gasteiger partial charge in [-0.15, -0.1) is 10.2 Å². The van der Waals surface area contributed by atoms with E-state index in [9.17, 15) is 8.78 Å². The molecule has 1 aromatic heterocycles. The SMILES string of the molecule is CCNC(CC)c1nnc(Cc2cccc(F)c2F)s1. The Balaban J connectivity index is 2.15. The Morgan fingerprint density at radius 1 is 1.25 bits per heavy atom. The molecule has 1 heterocycles. The summed E-state index contributed by atoms with van der Waals surface area (Å²) in [4.78, 5) is 0. The van der Waals surface area contributed by atoms with Crippen LogP contribution in [0.3, 0.4) is 0 Å². The highest BCUT2D eigenvalue weighted by Crippen LogP contribution is 2.23. The molecule has 1 aromatic carbocycles. The Kier molecular flexibility index (Phi) is 5.14. The highest BCUT2D eigenvalue weighted by atomic mass is 32.1. The predicted molar refractivity (Wildman–Crippen MR) is 75.8 cm³/mol. The first-order chi connectivity index (χ1) is 9.65. The zero-order chi connectivity index (χ0) is 14.5. The molecule has 0 aliphatic heterocycles. The largest absolute Gasteiger partial charge is 0.308 e. The van der Waals surface area contributed by atoms with E-state index in [-0.39, 0.29) is 12.5 Å². The van der Waals surface area contributed by atoms with Gasteiger partial charge in [0.15, 0.2) is 11.6 Å². The van der Waals surface area contributed by atoms with Crippen LogP contribution in [0.25, 0.3) is 0 Å². The van der Waals surface area contributed by atoms with Gasteiger partial charge in [0.05, 0.1) is 6.04 Å². The van der Waals surface area contributed by atoms with Gasteiger partial charge in [0.2, 0.25) is 0 Å². The zero-order valence-corrected chi connectivity index (χ0v) is 12.3. The van der Waals surface area contributed by atoms with Crippen LogP contribution >= 0.6 is 11.3 Å². The lowest BCUT2D eigenvalue weighted by Gasteiger charge is -2.10. The van der Waals surface area contributed by atoms with Gasteiger partial charge in [0, 0.05) is 6.42 Å². The first-order valence-corrected chi connectivity index (χ1v) is 7.45. The Hall–Kier alpha value is -1.40. The molecular formula is C14H17F2N3S. The van der Waals surface area contributed by atoms with E-state index in [0.717, 1.165) is 24.0 Å². The fourth-order valence-corrected chi connectivity index (χ4v) is 3.00. The van der Waals surface area contributed by atoms with E-state index in [0.29, 0.717) is 10.6 Å². The molecule has 0 bridgehead atoms. The van der Waals surface area contributed by atoms with Crippen LogP contribution in [-0.2, 0) is 6.42 Å². The average Bonchev–Trinajstić information content (AvgIpc) is 2.89. The van der Waals surface area contributed by atoms with Crippen molar-refractivity contribution in [1.82, 2.24) is 15.5 Å². The molecule has 6 heteroatoms. The van der Waals surface area contributed by atoms with E-state index < -0.39 is 11.6 Å². The number of hydrogen-bond acceptors (Lipinski definition) is 4. The number of benzene rings is 1. The van der Waals surface area contributed by atoms with Crippen molar-refractivity contribution in [2.45, 2.75) is 32.7 Å². The van der Waals surface area contributed by atoms with Crippen molar-refractivity contribution in [3.63, 3.8) is 0 Å². The smallest absolute Gasteiger partial charge is 0.162 e. The fraction of sp³-hybridized carbons (Fsp3) is 0.429. The molecule has 0 saturated carbocycles. The summed E-state index contributed by atoms with van der Waals surface area (Å²) in [5.41, 5.74) is 0.309. The number of nitrogens with one attached hydrogen (secondary N) is 1. The number of aromatic nitrogens is 2. The van der Waals surface area contributed by atoms with Gasteiger partial charge in [-0.25, -0.2) is 8.78 Å². The molecule has 0 spiro atoms. The summed E-state index contributed by atoms with van der Waals surface area (Å²) >= 11 is 1.44. The molecule has 0 aliphatic carbocycles. The fourth-order valence-electron chi connectivity index (χ4n) is 1.98. The van der Waals surface area contributed by atoms with Gasteiger partial charge in [-0.1, -0.05) is 37.3 Å². The monoisotopic (exact) mass is 297 g/mol. The van der Waals surface area contributed by atoms with E-state index in [1.54, 1.807) is 6.07 Å². The van der Waals surface area contributed by atoms with Gasteiger partial charge in [-0.05, 0) is 24.6 Å². The Morgan fingerprint density at radius 3 is 2.75 bits per heavy atom. The molecule has 0 saturated heterocycles. The summed E-state index contributed by atoms with van der Waals surface area (Å²) in [5.74, 6) is -1.63. The van der Waals surface area contributed by atoms with E-state index in [2.05, 4.69) is 22.4 Å². The summed E-state index contributed by atoms with van der Waals surface area (Å²) in [5, 5.41) is 13.1. The second kappa shape index (κ2) is 6.85. The molecule has 1 N–H and O–H groups in total. The third kappa shape index (κ3) is 3.37. The lowest BCUT2D eigenvalue weighted by Crippen LogP contribution is -2.19. The van der Waals surface area contributed by atoms with Crippen LogP contribution in [-0.4, -0.2) is 16.7 Å². The number of nitrogens with zero attached hydrogens (tertiary/aromatic N) is 2. The summed E-state index contributed by atoms with van der Waals surface area (Å²) in [6.07, 6.45) is 1.18. The zero-order valence-electron chi connectivity index (χ0n) is 11.5. The van der Waals surface area contributed by atoms with Gasteiger partial charge in [-0.2, -0.15) is 0 Å². The maximum atomic E-state index is 13.6. The summed E-state index contributed by atoms with van der Waals surface area (Å²) in [6.45, 7) is 4.96. The van der Waals surface area contributed by atoms with Crippen molar-refractivity contribution < 1.29 is 8.78 Å². The van der Waals surface area contributed by atoms with Crippen LogP contribution in [0.4, 0.5) is 8.78 Å². The first kappa shape index (κ1) is 15.0. The van der Waals surface area contributed by atoms with Crippen molar-refractivity contribution in [1.29, 1.82) is 0 Å². The maximum Gasteiger partial charge on any atom is 0.162 e. The topological polar surface area (TPSA) is 37.8 Å². The van der Waals surface area contributed by atoms with Gasteiger partial charge >= 0.3 is 0 Å². The van der Waals surface area contributed by atoms with Crippen molar-refractivity contribution in [3.05, 3.63) is 45.4 Å². The molecule has 1 unspecified atom stereocenters. The number of halogens is 2. The molecular weight excluding hydrogens is 280 g/mol. The highest BCUT2D eigenvalue weighted by Gasteiger charge is 2.15. The first-order valence-electron chi connectivity index (χ1n) is 6.64. The standard InChI is InChI=1S/C14H17F2N3S/c1-3-11(17-4-2)14-19-18-12(20-14)8-9-6-5-7-10(15)13(9)16/h5-7,11,17H,3-4,8H2,1-2H3. The quantitative estimate of drug-likeness (QED) is 0.887. The number of rotatable bonds is 6. The number of hydrogen-bond donors (Lipinski definition) is 1. The minimum Gasteiger partial charge on any atom is -0.308 e. The van der Waals surface area contributed by atoms with Crippen LogP contribution in [0.5, 0.6) is 0 Å². The van der Waals surface area contributed by atoms with Gasteiger partial charge < -0.3 is 5.32 Å². The van der Waals surface area contributed by atoms with E-state index in [1.165, 1.54) is 17.4 Å². The Bertz CT molecular complexity index is 571. The average molecular weight is 297 g/mol. The maximum absolute atomic E-state index is 13.6. The molecule has 2 aromatic rings. The van der Waals surface area contributed by atoms with Crippen LogP contribution in [0.15, 0.2) is 18.2 Å². The van der Waals surface area contributed by atoms with Gasteiger partial charge in [0.1, 0.15) is 10.0 Å². The van der Waals surface area contributed by atoms with Crippen LogP contribution < -0.4 is 5.32 Å². The second-order valence-corrected chi connectivity index (χ2v) is 5.54. The predicted octanol–water partition coefficient (Wildman–Crippen LogP) is 3.47. The van der Waals surface area contributed by atoms with E-state index in [1.807, 2.05) is 6.92 Å². The lowest BCUT2D eigenvalue weighted by atomic mass is 10.1. The van der Waals surface area contributed by atoms with Crippen LogP contribution in [0.2, 0.25) is 0 Å². The Labute approximate surface area is 121 Å². The molecule has 0 radical (unpaired) electrons. The normalized spacial score (nSPS) is 12.6. The van der Waals surface area contributed by atoms with Crippen molar-refractivity contribution in [2.75, 3.05) is 6.54 Å². The van der Waals surface area contributed by atoms with Gasteiger partial charge in [0.25, 0.3) is 0 Å². The van der Waals surface area contributed by atoms with E-state index >= 15 is 0 Å². The van der Waals surface area contributed by atoms with Crippen LogP contribution in [0.1, 0.15) is 41.9 Å². The minimum absolute atomic E-state index is 0.170.